The largest absolute Gasteiger partial charge is 0.350 e. The zero-order valence-electron chi connectivity index (χ0n) is 13.7. The molecule has 1 aliphatic rings. The van der Waals surface area contributed by atoms with Crippen molar-refractivity contribution in [3.63, 3.8) is 0 Å². The van der Waals surface area contributed by atoms with Gasteiger partial charge in [0.05, 0.1) is 5.54 Å². The second-order valence-electron chi connectivity index (χ2n) is 6.38. The van der Waals surface area contributed by atoms with Gasteiger partial charge in [-0.05, 0) is 51.0 Å². The lowest BCUT2D eigenvalue weighted by atomic mass is 9.82. The molecule has 23 heavy (non-hydrogen) atoms. The van der Waals surface area contributed by atoms with Gasteiger partial charge in [0.15, 0.2) is 0 Å². The molecular weight excluding hydrogens is 314 g/mol. The number of amides is 2. The SMILES string of the molecule is CC(C)NC(=O)c1ccc(NC(=O)C2(N)CCCCC2)cc1.Cl. The summed E-state index contributed by atoms with van der Waals surface area (Å²) >= 11 is 0. The highest BCUT2D eigenvalue weighted by Gasteiger charge is 2.35. The van der Waals surface area contributed by atoms with Crippen LogP contribution in [0.1, 0.15) is 56.3 Å². The molecule has 0 aromatic heterocycles. The number of benzene rings is 1. The van der Waals surface area contributed by atoms with Gasteiger partial charge < -0.3 is 16.4 Å². The maximum atomic E-state index is 12.3. The van der Waals surface area contributed by atoms with E-state index in [1.54, 1.807) is 24.3 Å². The van der Waals surface area contributed by atoms with Crippen molar-refractivity contribution in [3.05, 3.63) is 29.8 Å². The molecule has 0 aliphatic heterocycles. The standard InChI is InChI=1S/C17H25N3O2.ClH/c1-12(2)19-15(21)13-6-8-14(9-7-13)20-16(22)17(18)10-4-3-5-11-17;/h6-9,12H,3-5,10-11,18H2,1-2H3,(H,19,21)(H,20,22);1H. The summed E-state index contributed by atoms with van der Waals surface area (Å²) < 4.78 is 0. The van der Waals surface area contributed by atoms with Crippen molar-refractivity contribution in [1.29, 1.82) is 0 Å². The van der Waals surface area contributed by atoms with Crippen LogP contribution in [0.4, 0.5) is 5.69 Å². The molecule has 6 heteroatoms. The highest BCUT2D eigenvalue weighted by Crippen LogP contribution is 2.27. The number of carbonyl (C=O) groups is 2. The third-order valence-corrected chi connectivity index (χ3v) is 4.02. The average molecular weight is 340 g/mol. The first-order chi connectivity index (χ1) is 10.4. The summed E-state index contributed by atoms with van der Waals surface area (Å²) in [5.41, 5.74) is 6.69. The monoisotopic (exact) mass is 339 g/mol. The molecule has 1 aromatic carbocycles. The maximum Gasteiger partial charge on any atom is 0.251 e. The van der Waals surface area contributed by atoms with Gasteiger partial charge in [-0.2, -0.15) is 0 Å². The lowest BCUT2D eigenvalue weighted by Crippen LogP contribution is -2.52. The maximum absolute atomic E-state index is 12.3. The summed E-state index contributed by atoms with van der Waals surface area (Å²) in [5, 5.41) is 5.69. The molecule has 0 atom stereocenters. The molecule has 2 rings (SSSR count). The van der Waals surface area contributed by atoms with Crippen molar-refractivity contribution >= 4 is 29.9 Å². The van der Waals surface area contributed by atoms with Crippen molar-refractivity contribution in [2.75, 3.05) is 5.32 Å². The van der Waals surface area contributed by atoms with Crippen LogP contribution in [-0.2, 0) is 4.79 Å². The highest BCUT2D eigenvalue weighted by atomic mass is 35.5. The molecule has 0 radical (unpaired) electrons. The molecule has 2 amide bonds. The number of halogens is 1. The van der Waals surface area contributed by atoms with Crippen molar-refractivity contribution in [1.82, 2.24) is 5.32 Å². The van der Waals surface area contributed by atoms with Gasteiger partial charge in [0.2, 0.25) is 5.91 Å². The number of nitrogens with one attached hydrogen (secondary N) is 2. The molecule has 0 spiro atoms. The highest BCUT2D eigenvalue weighted by molar-refractivity contribution is 5.99. The normalized spacial score (nSPS) is 16.3. The summed E-state index contributed by atoms with van der Waals surface area (Å²) in [4.78, 5) is 24.2. The Hall–Kier alpha value is -1.59. The Balaban J connectivity index is 0.00000264. The fraction of sp³-hybridized carbons (Fsp3) is 0.529. The fourth-order valence-electron chi connectivity index (χ4n) is 2.72. The first-order valence-corrected chi connectivity index (χ1v) is 7.92. The number of anilines is 1. The van der Waals surface area contributed by atoms with Crippen LogP contribution < -0.4 is 16.4 Å². The molecule has 1 fully saturated rings. The topological polar surface area (TPSA) is 84.2 Å². The zero-order valence-corrected chi connectivity index (χ0v) is 14.5. The van der Waals surface area contributed by atoms with Crippen LogP contribution in [-0.4, -0.2) is 23.4 Å². The molecule has 0 bridgehead atoms. The van der Waals surface area contributed by atoms with Crippen LogP contribution in [0.3, 0.4) is 0 Å². The molecule has 1 aromatic rings. The van der Waals surface area contributed by atoms with Crippen molar-refractivity contribution in [2.45, 2.75) is 57.5 Å². The lowest BCUT2D eigenvalue weighted by Gasteiger charge is -2.31. The summed E-state index contributed by atoms with van der Waals surface area (Å²) in [6.07, 6.45) is 4.60. The van der Waals surface area contributed by atoms with Crippen LogP contribution in [0.2, 0.25) is 0 Å². The van der Waals surface area contributed by atoms with Gasteiger partial charge in [-0.3, -0.25) is 9.59 Å². The molecule has 5 nitrogen and oxygen atoms in total. The van der Waals surface area contributed by atoms with Crippen LogP contribution in [0, 0.1) is 0 Å². The average Bonchev–Trinajstić information content (AvgIpc) is 2.48. The van der Waals surface area contributed by atoms with E-state index in [4.69, 9.17) is 5.73 Å². The number of hydrogen-bond donors (Lipinski definition) is 3. The van der Waals surface area contributed by atoms with Gasteiger partial charge in [-0.15, -0.1) is 12.4 Å². The molecule has 1 aliphatic carbocycles. The lowest BCUT2D eigenvalue weighted by molar-refractivity contribution is -0.122. The Morgan fingerprint density at radius 3 is 2.17 bits per heavy atom. The minimum Gasteiger partial charge on any atom is -0.350 e. The molecule has 128 valence electrons. The molecule has 0 heterocycles. The van der Waals surface area contributed by atoms with E-state index in [2.05, 4.69) is 10.6 Å². The van der Waals surface area contributed by atoms with Crippen LogP contribution in [0.5, 0.6) is 0 Å². The van der Waals surface area contributed by atoms with Gasteiger partial charge >= 0.3 is 0 Å². The van der Waals surface area contributed by atoms with Crippen LogP contribution in [0.25, 0.3) is 0 Å². The number of nitrogens with two attached hydrogens (primary N) is 1. The van der Waals surface area contributed by atoms with Gasteiger partial charge in [-0.25, -0.2) is 0 Å². The van der Waals surface area contributed by atoms with Gasteiger partial charge in [-0.1, -0.05) is 19.3 Å². The Kier molecular flexibility index (Phi) is 7.03. The Labute approximate surface area is 143 Å². The predicted molar refractivity (Wildman–Crippen MR) is 94.9 cm³/mol. The Morgan fingerprint density at radius 2 is 1.65 bits per heavy atom. The van der Waals surface area contributed by atoms with Crippen molar-refractivity contribution < 1.29 is 9.59 Å². The summed E-state index contributed by atoms with van der Waals surface area (Å²) in [5.74, 6) is -0.248. The van der Waals surface area contributed by atoms with Crippen molar-refractivity contribution in [2.24, 2.45) is 5.73 Å². The zero-order chi connectivity index (χ0) is 16.2. The van der Waals surface area contributed by atoms with E-state index >= 15 is 0 Å². The number of hydrogen-bond acceptors (Lipinski definition) is 3. The van der Waals surface area contributed by atoms with Crippen LogP contribution in [0.15, 0.2) is 24.3 Å². The van der Waals surface area contributed by atoms with Gasteiger partial charge in [0, 0.05) is 17.3 Å². The van der Waals surface area contributed by atoms with E-state index in [9.17, 15) is 9.59 Å². The smallest absolute Gasteiger partial charge is 0.251 e. The molecule has 1 saturated carbocycles. The third-order valence-electron chi connectivity index (χ3n) is 4.02. The third kappa shape index (κ3) is 5.22. The van der Waals surface area contributed by atoms with E-state index < -0.39 is 5.54 Å². The Bertz CT molecular complexity index is 537. The van der Waals surface area contributed by atoms with E-state index in [1.807, 2.05) is 13.8 Å². The summed E-state index contributed by atoms with van der Waals surface area (Å²) in [6.45, 7) is 3.83. The predicted octanol–water partition coefficient (Wildman–Crippen LogP) is 2.85. The van der Waals surface area contributed by atoms with Gasteiger partial charge in [0.1, 0.15) is 0 Å². The number of rotatable bonds is 4. The fourth-order valence-corrected chi connectivity index (χ4v) is 2.72. The van der Waals surface area contributed by atoms with E-state index in [1.165, 1.54) is 0 Å². The second-order valence-corrected chi connectivity index (χ2v) is 6.38. The van der Waals surface area contributed by atoms with Crippen molar-refractivity contribution in [3.8, 4) is 0 Å². The minimum absolute atomic E-state index is 0. The first kappa shape index (κ1) is 19.5. The second kappa shape index (κ2) is 8.31. The number of carbonyl (C=O) groups excluding carboxylic acids is 2. The quantitative estimate of drug-likeness (QED) is 0.788. The van der Waals surface area contributed by atoms with E-state index in [0.29, 0.717) is 11.3 Å². The van der Waals surface area contributed by atoms with E-state index in [0.717, 1.165) is 32.1 Å². The molecule has 0 unspecified atom stereocenters. The first-order valence-electron chi connectivity index (χ1n) is 7.92. The molecule has 4 N–H and O–H groups in total. The Morgan fingerprint density at radius 1 is 1.09 bits per heavy atom. The summed E-state index contributed by atoms with van der Waals surface area (Å²) in [7, 11) is 0. The van der Waals surface area contributed by atoms with E-state index in [-0.39, 0.29) is 30.3 Å². The summed E-state index contributed by atoms with van der Waals surface area (Å²) in [6, 6.07) is 6.98. The van der Waals surface area contributed by atoms with Crippen LogP contribution >= 0.6 is 12.4 Å². The molecular formula is C17H26ClN3O2. The molecule has 0 saturated heterocycles. The van der Waals surface area contributed by atoms with Gasteiger partial charge in [0.25, 0.3) is 5.91 Å². The minimum atomic E-state index is -0.758.